The van der Waals surface area contributed by atoms with Crippen LogP contribution in [0.15, 0.2) is 12.1 Å². The van der Waals surface area contributed by atoms with Crippen molar-refractivity contribution < 1.29 is 19.6 Å². The fourth-order valence-corrected chi connectivity index (χ4v) is 1.65. The number of carboxylic acid groups (broad SMARTS) is 1. The van der Waals surface area contributed by atoms with E-state index in [9.17, 15) is 14.9 Å². The van der Waals surface area contributed by atoms with Crippen LogP contribution in [0.3, 0.4) is 0 Å². The lowest BCUT2D eigenvalue weighted by Gasteiger charge is -2.05. The Kier molecular flexibility index (Phi) is 3.45. The fourth-order valence-electron chi connectivity index (χ4n) is 1.02. The van der Waals surface area contributed by atoms with Crippen LogP contribution in [0.5, 0.6) is 5.75 Å². The Bertz CT molecular complexity index is 431. The Morgan fingerprint density at radius 1 is 1.60 bits per heavy atom. The van der Waals surface area contributed by atoms with Crippen molar-refractivity contribution in [2.24, 2.45) is 0 Å². The third-order valence-corrected chi connectivity index (χ3v) is 2.56. The van der Waals surface area contributed by atoms with Gasteiger partial charge in [0.1, 0.15) is 11.3 Å². The van der Waals surface area contributed by atoms with E-state index in [4.69, 9.17) is 9.84 Å². The summed E-state index contributed by atoms with van der Waals surface area (Å²) in [6.07, 6.45) is 0. The number of hydrogen-bond donors (Lipinski definition) is 1. The van der Waals surface area contributed by atoms with Crippen molar-refractivity contribution in [3.05, 3.63) is 31.4 Å². The molecule has 0 saturated heterocycles. The Labute approximate surface area is 98.1 Å². The maximum Gasteiger partial charge on any atom is 0.339 e. The first-order valence-corrected chi connectivity index (χ1v) is 4.80. The summed E-state index contributed by atoms with van der Waals surface area (Å²) in [5.74, 6) is -1.15. The lowest BCUT2D eigenvalue weighted by atomic mass is 10.2. The zero-order valence-corrected chi connectivity index (χ0v) is 9.72. The number of nitro benzene ring substituents is 1. The average Bonchev–Trinajstić information content (AvgIpc) is 2.16. The second-order valence-corrected chi connectivity index (χ2v) is 3.73. The number of methoxy groups -OCH3 is 1. The topological polar surface area (TPSA) is 89.7 Å². The predicted octanol–water partition coefficient (Wildman–Crippen LogP) is 1.91. The third kappa shape index (κ3) is 2.35. The molecule has 0 radical (unpaired) electrons. The summed E-state index contributed by atoms with van der Waals surface area (Å²) in [5, 5.41) is 19.4. The number of rotatable bonds is 3. The highest BCUT2D eigenvalue weighted by Crippen LogP contribution is 2.29. The molecule has 0 atom stereocenters. The molecule has 0 amide bonds. The Morgan fingerprint density at radius 3 is 2.60 bits per heavy atom. The zero-order chi connectivity index (χ0) is 11.6. The van der Waals surface area contributed by atoms with Gasteiger partial charge in [0.2, 0.25) is 0 Å². The summed E-state index contributed by atoms with van der Waals surface area (Å²) in [6, 6.07) is 2.31. The monoisotopic (exact) mass is 323 g/mol. The molecule has 1 aromatic carbocycles. The van der Waals surface area contributed by atoms with Crippen LogP contribution in [0, 0.1) is 13.7 Å². The third-order valence-electron chi connectivity index (χ3n) is 1.70. The molecule has 1 rings (SSSR count). The molecule has 0 heterocycles. The summed E-state index contributed by atoms with van der Waals surface area (Å²) in [7, 11) is 1.31. The molecule has 7 heteroatoms. The second-order valence-electron chi connectivity index (χ2n) is 2.57. The van der Waals surface area contributed by atoms with Gasteiger partial charge in [-0.25, -0.2) is 4.79 Å². The summed E-state index contributed by atoms with van der Waals surface area (Å²) in [6.45, 7) is 0. The quantitative estimate of drug-likeness (QED) is 0.521. The van der Waals surface area contributed by atoms with Gasteiger partial charge in [-0.1, -0.05) is 0 Å². The van der Waals surface area contributed by atoms with Crippen LogP contribution < -0.4 is 4.74 Å². The summed E-state index contributed by atoms with van der Waals surface area (Å²) in [4.78, 5) is 20.7. The maximum absolute atomic E-state index is 10.8. The number of carbonyl (C=O) groups is 1. The summed E-state index contributed by atoms with van der Waals surface area (Å²) < 4.78 is 5.15. The van der Waals surface area contributed by atoms with Crippen molar-refractivity contribution in [3.8, 4) is 5.75 Å². The number of ether oxygens (including phenoxy) is 1. The Morgan fingerprint density at radius 2 is 2.20 bits per heavy atom. The van der Waals surface area contributed by atoms with E-state index >= 15 is 0 Å². The number of hydrogen-bond acceptors (Lipinski definition) is 4. The van der Waals surface area contributed by atoms with Gasteiger partial charge in [-0.05, 0) is 22.6 Å². The van der Waals surface area contributed by atoms with Gasteiger partial charge in [-0.15, -0.1) is 0 Å². The van der Waals surface area contributed by atoms with Crippen LogP contribution in [0.4, 0.5) is 5.69 Å². The van der Waals surface area contributed by atoms with E-state index in [0.29, 0.717) is 3.57 Å². The molecular formula is C8H6INO5. The highest BCUT2D eigenvalue weighted by molar-refractivity contribution is 14.1. The van der Waals surface area contributed by atoms with Gasteiger partial charge in [0.05, 0.1) is 15.6 Å². The standard InChI is InChI=1S/C8H6INO5/c1-15-7-3-5(9)6(10(13)14)2-4(7)8(11)12/h2-3H,1H3,(H,11,12). The van der Waals surface area contributed by atoms with Gasteiger partial charge >= 0.3 is 5.97 Å². The number of benzene rings is 1. The zero-order valence-electron chi connectivity index (χ0n) is 7.56. The molecule has 0 aliphatic carbocycles. The number of nitro groups is 1. The average molecular weight is 323 g/mol. The maximum atomic E-state index is 10.8. The van der Waals surface area contributed by atoms with Gasteiger partial charge < -0.3 is 9.84 Å². The van der Waals surface area contributed by atoms with Crippen LogP contribution in [0.1, 0.15) is 10.4 Å². The first kappa shape index (κ1) is 11.7. The molecule has 15 heavy (non-hydrogen) atoms. The Hall–Kier alpha value is -1.38. The molecule has 0 aliphatic rings. The van der Waals surface area contributed by atoms with Crippen molar-refractivity contribution >= 4 is 34.2 Å². The van der Waals surface area contributed by atoms with E-state index in [1.165, 1.54) is 13.2 Å². The van der Waals surface area contributed by atoms with E-state index < -0.39 is 10.9 Å². The fraction of sp³-hybridized carbons (Fsp3) is 0.125. The van der Waals surface area contributed by atoms with Gasteiger partial charge in [0.25, 0.3) is 5.69 Å². The Balaban J connectivity index is 3.43. The highest BCUT2D eigenvalue weighted by Gasteiger charge is 2.20. The minimum atomic E-state index is -1.26. The predicted molar refractivity (Wildman–Crippen MR) is 59.3 cm³/mol. The van der Waals surface area contributed by atoms with Crippen molar-refractivity contribution in [1.29, 1.82) is 0 Å². The van der Waals surface area contributed by atoms with Crippen LogP contribution in [-0.4, -0.2) is 23.1 Å². The van der Waals surface area contributed by atoms with Crippen LogP contribution >= 0.6 is 22.6 Å². The van der Waals surface area contributed by atoms with Gasteiger partial charge in [-0.3, -0.25) is 10.1 Å². The highest BCUT2D eigenvalue weighted by atomic mass is 127. The molecule has 80 valence electrons. The second kappa shape index (κ2) is 4.43. The van der Waals surface area contributed by atoms with Crippen LogP contribution in [0.2, 0.25) is 0 Å². The smallest absolute Gasteiger partial charge is 0.339 e. The summed E-state index contributed by atoms with van der Waals surface area (Å²) in [5.41, 5.74) is -0.460. The molecule has 0 aliphatic heterocycles. The van der Waals surface area contributed by atoms with Crippen molar-refractivity contribution in [2.45, 2.75) is 0 Å². The minimum absolute atomic E-state index is 0.109. The van der Waals surface area contributed by atoms with E-state index in [2.05, 4.69) is 0 Å². The molecular weight excluding hydrogens is 317 g/mol. The van der Waals surface area contributed by atoms with E-state index in [-0.39, 0.29) is 17.0 Å². The van der Waals surface area contributed by atoms with Crippen LogP contribution in [0.25, 0.3) is 0 Å². The lowest BCUT2D eigenvalue weighted by Crippen LogP contribution is -2.03. The van der Waals surface area contributed by atoms with Crippen molar-refractivity contribution in [3.63, 3.8) is 0 Å². The van der Waals surface area contributed by atoms with E-state index in [1.54, 1.807) is 22.6 Å². The molecule has 6 nitrogen and oxygen atoms in total. The number of aromatic carboxylic acids is 1. The first-order valence-electron chi connectivity index (χ1n) is 3.72. The number of nitrogens with zero attached hydrogens (tertiary/aromatic N) is 1. The normalized spacial score (nSPS) is 9.73. The summed E-state index contributed by atoms with van der Waals surface area (Å²) >= 11 is 1.75. The van der Waals surface area contributed by atoms with Crippen molar-refractivity contribution in [2.75, 3.05) is 7.11 Å². The minimum Gasteiger partial charge on any atom is -0.496 e. The van der Waals surface area contributed by atoms with Crippen LogP contribution in [-0.2, 0) is 0 Å². The SMILES string of the molecule is COc1cc(I)c([N+](=O)[O-])cc1C(=O)O. The molecule has 0 saturated carbocycles. The van der Waals surface area contributed by atoms with Gasteiger partial charge in [-0.2, -0.15) is 0 Å². The van der Waals surface area contributed by atoms with E-state index in [1.807, 2.05) is 0 Å². The number of halogens is 1. The first-order chi connectivity index (χ1) is 6.97. The van der Waals surface area contributed by atoms with E-state index in [0.717, 1.165) is 6.07 Å². The molecule has 0 fully saturated rings. The lowest BCUT2D eigenvalue weighted by molar-refractivity contribution is -0.385. The number of carboxylic acids is 1. The van der Waals surface area contributed by atoms with Crippen molar-refractivity contribution in [1.82, 2.24) is 0 Å². The molecule has 0 unspecified atom stereocenters. The molecule has 1 N–H and O–H groups in total. The molecule has 0 spiro atoms. The van der Waals surface area contributed by atoms with Gasteiger partial charge in [0, 0.05) is 12.1 Å². The molecule has 0 bridgehead atoms. The van der Waals surface area contributed by atoms with Gasteiger partial charge in [0.15, 0.2) is 0 Å². The molecule has 1 aromatic rings. The molecule has 0 aromatic heterocycles. The largest absolute Gasteiger partial charge is 0.496 e.